The molecule has 0 atom stereocenters. The molecule has 1 saturated heterocycles. The highest BCUT2D eigenvalue weighted by atomic mass is 32.2. The zero-order valence-electron chi connectivity index (χ0n) is 15.3. The highest BCUT2D eigenvalue weighted by molar-refractivity contribution is 7.98. The number of H-pyrrole nitrogens is 1. The summed E-state index contributed by atoms with van der Waals surface area (Å²) in [4.78, 5) is 16.8. The molecule has 142 valence electrons. The molecule has 27 heavy (non-hydrogen) atoms. The van der Waals surface area contributed by atoms with Gasteiger partial charge in [0.25, 0.3) is 5.82 Å². The number of nitrogen functional groups attached to an aromatic ring is 1. The quantitative estimate of drug-likeness (QED) is 0.300. The maximum atomic E-state index is 5.77. The summed E-state index contributed by atoms with van der Waals surface area (Å²) in [5, 5.41) is 2.01. The smallest absolute Gasteiger partial charge is 0.279 e. The highest BCUT2D eigenvalue weighted by Gasteiger charge is 2.30. The lowest BCUT2D eigenvalue weighted by atomic mass is 9.90. The first-order valence-corrected chi connectivity index (χ1v) is 11.4. The predicted molar refractivity (Wildman–Crippen MR) is 111 cm³/mol. The second-order valence-electron chi connectivity index (χ2n) is 6.92. The van der Waals surface area contributed by atoms with E-state index in [4.69, 9.17) is 15.6 Å². The van der Waals surface area contributed by atoms with Crippen LogP contribution in [-0.2, 0) is 17.6 Å². The van der Waals surface area contributed by atoms with Crippen molar-refractivity contribution in [1.29, 1.82) is 0 Å². The first kappa shape index (κ1) is 17.4. The van der Waals surface area contributed by atoms with E-state index < -0.39 is 0 Å². The number of hydrogen-bond donors (Lipinski definition) is 2. The molecule has 2 aliphatic rings. The molecule has 1 aliphatic heterocycles. The number of thioether (sulfide) groups is 1. The van der Waals surface area contributed by atoms with Crippen molar-refractivity contribution < 1.29 is 9.72 Å². The predicted octanol–water partition coefficient (Wildman–Crippen LogP) is 2.38. The summed E-state index contributed by atoms with van der Waals surface area (Å²) in [6, 6.07) is 0. The van der Waals surface area contributed by atoms with E-state index in [9.17, 15) is 0 Å². The van der Waals surface area contributed by atoms with Gasteiger partial charge in [-0.3, -0.25) is 4.90 Å². The summed E-state index contributed by atoms with van der Waals surface area (Å²) < 4.78 is 6.58. The fraction of sp³-hybridized carbons (Fsp3) is 0.500. The van der Waals surface area contributed by atoms with Gasteiger partial charge in [0.2, 0.25) is 0 Å². The van der Waals surface area contributed by atoms with Gasteiger partial charge in [-0.15, -0.1) is 0 Å². The largest absolute Gasteiger partial charge is 0.373 e. The zero-order valence-corrected chi connectivity index (χ0v) is 16.9. The van der Waals surface area contributed by atoms with Crippen molar-refractivity contribution in [2.45, 2.75) is 30.8 Å². The van der Waals surface area contributed by atoms with Gasteiger partial charge in [0.15, 0.2) is 15.8 Å². The number of nitrogens with zero attached hydrogens (tertiary/aromatic N) is 3. The van der Waals surface area contributed by atoms with E-state index in [1.807, 2.05) is 6.26 Å². The Morgan fingerprint density at radius 2 is 1.96 bits per heavy atom. The number of aryl methyl sites for hydroxylation is 1. The van der Waals surface area contributed by atoms with Crippen LogP contribution in [0, 0.1) is 0 Å². The lowest BCUT2D eigenvalue weighted by Gasteiger charge is -2.26. The number of anilines is 2. The SMILES string of the molecule is CSc1nc(NN)c2sc3[nH+]c(N4CCOCC4)c4c(c3c2n1)CCCC4. The number of hydrogen-bond acceptors (Lipinski definition) is 8. The summed E-state index contributed by atoms with van der Waals surface area (Å²) in [5.41, 5.74) is 6.70. The van der Waals surface area contributed by atoms with Crippen LogP contribution in [0.25, 0.3) is 20.4 Å². The molecule has 0 unspecified atom stereocenters. The molecule has 4 heterocycles. The number of morpholine rings is 1. The van der Waals surface area contributed by atoms with Crippen molar-refractivity contribution in [2.75, 3.05) is 42.9 Å². The first-order valence-electron chi connectivity index (χ1n) is 9.34. The highest BCUT2D eigenvalue weighted by Crippen LogP contribution is 2.41. The maximum Gasteiger partial charge on any atom is 0.279 e. The molecule has 5 rings (SSSR count). The number of nitrogens with two attached hydrogens (primary N) is 1. The maximum absolute atomic E-state index is 5.77. The van der Waals surface area contributed by atoms with Gasteiger partial charge < -0.3 is 10.2 Å². The van der Waals surface area contributed by atoms with E-state index in [1.165, 1.54) is 35.2 Å². The summed E-state index contributed by atoms with van der Waals surface area (Å²) in [6.07, 6.45) is 6.69. The Bertz CT molecular complexity index is 1010. The van der Waals surface area contributed by atoms with Crippen LogP contribution in [-0.4, -0.2) is 42.5 Å². The third-order valence-corrected chi connectivity index (χ3v) is 7.10. The number of hydrazine groups is 1. The van der Waals surface area contributed by atoms with Crippen molar-refractivity contribution in [2.24, 2.45) is 5.84 Å². The van der Waals surface area contributed by atoms with Gasteiger partial charge in [-0.25, -0.2) is 20.8 Å². The molecule has 0 aromatic carbocycles. The van der Waals surface area contributed by atoms with Crippen LogP contribution < -0.4 is 21.2 Å². The Morgan fingerprint density at radius 3 is 2.70 bits per heavy atom. The minimum absolute atomic E-state index is 0.705. The molecule has 0 spiro atoms. The van der Waals surface area contributed by atoms with Crippen LogP contribution in [0.15, 0.2) is 5.16 Å². The van der Waals surface area contributed by atoms with Gasteiger partial charge in [-0.2, -0.15) is 0 Å². The van der Waals surface area contributed by atoms with Crippen molar-refractivity contribution in [3.05, 3.63) is 11.1 Å². The number of ether oxygens (including phenoxy) is 1. The Balaban J connectivity index is 1.81. The molecular formula is C18H23N6OS2+. The van der Waals surface area contributed by atoms with Crippen LogP contribution in [0.4, 0.5) is 11.6 Å². The van der Waals surface area contributed by atoms with Gasteiger partial charge in [0.1, 0.15) is 17.8 Å². The van der Waals surface area contributed by atoms with Crippen LogP contribution in [0.1, 0.15) is 24.0 Å². The van der Waals surface area contributed by atoms with Gasteiger partial charge >= 0.3 is 0 Å². The van der Waals surface area contributed by atoms with Gasteiger partial charge in [-0.05, 0) is 37.5 Å². The minimum Gasteiger partial charge on any atom is -0.373 e. The topological polar surface area (TPSA) is 90.4 Å². The standard InChI is InChI=1S/C18H22N6OS2/c1-26-18-20-13-12-10-4-2-3-5-11(10)16(24-6-8-25-9-7-24)22-17(12)27-14(13)15(21-18)23-19/h2-9,19H2,1H3,(H,20,21,23)/p+1. The summed E-state index contributed by atoms with van der Waals surface area (Å²) >= 11 is 3.24. The second kappa shape index (κ2) is 7.05. The third-order valence-electron chi connectivity index (χ3n) is 5.45. The molecule has 9 heteroatoms. The lowest BCUT2D eigenvalue weighted by Crippen LogP contribution is -2.40. The van der Waals surface area contributed by atoms with Crippen molar-refractivity contribution in [3.8, 4) is 0 Å². The second-order valence-corrected chi connectivity index (χ2v) is 8.72. The minimum atomic E-state index is 0.705. The zero-order chi connectivity index (χ0) is 18.4. The van der Waals surface area contributed by atoms with E-state index in [2.05, 4.69) is 20.3 Å². The monoisotopic (exact) mass is 403 g/mol. The molecule has 0 bridgehead atoms. The fourth-order valence-electron chi connectivity index (χ4n) is 4.20. The Hall–Kier alpha value is -1.68. The molecule has 1 aliphatic carbocycles. The van der Waals surface area contributed by atoms with Crippen LogP contribution >= 0.6 is 23.1 Å². The number of thiophene rings is 1. The van der Waals surface area contributed by atoms with Crippen molar-refractivity contribution in [3.63, 3.8) is 0 Å². The number of nitrogens with one attached hydrogen (secondary N) is 2. The number of aromatic nitrogens is 3. The van der Waals surface area contributed by atoms with Gasteiger partial charge in [0, 0.05) is 5.56 Å². The van der Waals surface area contributed by atoms with Crippen molar-refractivity contribution >= 4 is 55.2 Å². The number of rotatable bonds is 3. The molecule has 0 radical (unpaired) electrons. The summed E-state index contributed by atoms with van der Waals surface area (Å²) in [5.74, 6) is 7.75. The molecule has 7 nitrogen and oxygen atoms in total. The third kappa shape index (κ3) is 2.84. The number of fused-ring (bicyclic) bond motifs is 5. The summed E-state index contributed by atoms with van der Waals surface area (Å²) in [7, 11) is 0. The van der Waals surface area contributed by atoms with E-state index in [0.29, 0.717) is 5.82 Å². The number of aromatic amines is 1. The van der Waals surface area contributed by atoms with Gasteiger partial charge in [0.05, 0.1) is 24.1 Å². The average molecular weight is 404 g/mol. The Morgan fingerprint density at radius 1 is 1.19 bits per heavy atom. The molecule has 3 aromatic heterocycles. The number of pyridine rings is 1. The molecule has 0 saturated carbocycles. The van der Waals surface area contributed by atoms with Gasteiger partial charge in [-0.1, -0.05) is 23.1 Å². The van der Waals surface area contributed by atoms with E-state index in [1.54, 1.807) is 23.1 Å². The van der Waals surface area contributed by atoms with E-state index in [-0.39, 0.29) is 0 Å². The average Bonchev–Trinajstić information content (AvgIpc) is 3.11. The molecule has 0 amide bonds. The summed E-state index contributed by atoms with van der Waals surface area (Å²) in [6.45, 7) is 3.45. The molecular weight excluding hydrogens is 380 g/mol. The van der Waals surface area contributed by atoms with Crippen LogP contribution in [0.3, 0.4) is 0 Å². The molecule has 3 aromatic rings. The Labute approximate surface area is 165 Å². The lowest BCUT2D eigenvalue weighted by molar-refractivity contribution is -0.328. The Kier molecular flexibility index (Phi) is 4.55. The fourth-order valence-corrected chi connectivity index (χ4v) is 5.68. The first-order chi connectivity index (χ1) is 13.3. The molecule has 1 fully saturated rings. The van der Waals surface area contributed by atoms with Crippen LogP contribution in [0.2, 0.25) is 0 Å². The van der Waals surface area contributed by atoms with Crippen LogP contribution in [0.5, 0.6) is 0 Å². The molecule has 4 N–H and O–H groups in total. The van der Waals surface area contributed by atoms with E-state index >= 15 is 0 Å². The van der Waals surface area contributed by atoms with E-state index in [0.717, 1.165) is 59.3 Å². The van der Waals surface area contributed by atoms with Crippen molar-refractivity contribution in [1.82, 2.24) is 9.97 Å². The normalized spacial score (nSPS) is 17.5.